The minimum Gasteiger partial charge on any atom is -0.444 e. The molecule has 1 heterocycles. The van der Waals surface area contributed by atoms with Gasteiger partial charge in [-0.3, -0.25) is 9.52 Å². The van der Waals surface area contributed by atoms with Crippen LogP contribution in [0.1, 0.15) is 57.3 Å². The molecule has 2 amide bonds. The molecule has 1 saturated heterocycles. The number of halogens is 1. The molecule has 1 aliphatic rings. The van der Waals surface area contributed by atoms with Crippen molar-refractivity contribution in [3.8, 4) is 0 Å². The second-order valence-corrected chi connectivity index (χ2v) is 10.1. The summed E-state index contributed by atoms with van der Waals surface area (Å²) in [6.07, 6.45) is 1.46. The Labute approximate surface area is 177 Å². The maximum absolute atomic E-state index is 14.2. The number of likely N-dealkylation sites (tertiary alicyclic amines) is 1. The second kappa shape index (κ2) is 9.63. The minimum atomic E-state index is -3.56. The fourth-order valence-corrected chi connectivity index (χ4v) is 4.30. The van der Waals surface area contributed by atoms with E-state index < -0.39 is 33.4 Å². The molecule has 1 unspecified atom stereocenters. The summed E-state index contributed by atoms with van der Waals surface area (Å²) in [6.45, 7) is 7.74. The molecule has 0 saturated carbocycles. The van der Waals surface area contributed by atoms with E-state index in [0.29, 0.717) is 19.4 Å². The molecule has 0 spiro atoms. The van der Waals surface area contributed by atoms with Crippen molar-refractivity contribution < 1.29 is 27.1 Å². The van der Waals surface area contributed by atoms with Gasteiger partial charge < -0.3 is 15.0 Å². The number of amides is 2. The molecule has 30 heavy (non-hydrogen) atoms. The first-order valence-electron chi connectivity index (χ1n) is 9.99. The van der Waals surface area contributed by atoms with Crippen LogP contribution in [0.2, 0.25) is 0 Å². The molecular formula is C20H30FN3O5S. The van der Waals surface area contributed by atoms with Crippen molar-refractivity contribution in [3.63, 3.8) is 0 Å². The van der Waals surface area contributed by atoms with Crippen LogP contribution >= 0.6 is 0 Å². The maximum Gasteiger partial charge on any atom is 0.410 e. The molecule has 1 aliphatic heterocycles. The molecule has 2 N–H and O–H groups in total. The third-order valence-corrected chi connectivity index (χ3v) is 5.95. The van der Waals surface area contributed by atoms with Crippen LogP contribution in [-0.4, -0.2) is 55.8 Å². The fourth-order valence-electron chi connectivity index (χ4n) is 3.18. The van der Waals surface area contributed by atoms with E-state index in [2.05, 4.69) is 10.0 Å². The summed E-state index contributed by atoms with van der Waals surface area (Å²) in [6, 6.07) is 3.22. The van der Waals surface area contributed by atoms with E-state index in [1.165, 1.54) is 6.07 Å². The number of carbonyl (C=O) groups is 2. The Bertz CT molecular complexity index is 883. The number of nitrogens with zero attached hydrogens (tertiary/aromatic N) is 1. The van der Waals surface area contributed by atoms with Crippen LogP contribution in [0.15, 0.2) is 18.2 Å². The largest absolute Gasteiger partial charge is 0.444 e. The van der Waals surface area contributed by atoms with E-state index >= 15 is 0 Å². The zero-order chi connectivity index (χ0) is 22.5. The van der Waals surface area contributed by atoms with Gasteiger partial charge in [-0.25, -0.2) is 17.6 Å². The van der Waals surface area contributed by atoms with Crippen molar-refractivity contribution in [1.82, 2.24) is 10.2 Å². The third kappa shape index (κ3) is 6.86. The lowest BCUT2D eigenvalue weighted by Gasteiger charge is -2.28. The van der Waals surface area contributed by atoms with Crippen molar-refractivity contribution in [2.45, 2.75) is 58.6 Å². The Morgan fingerprint density at radius 2 is 2.00 bits per heavy atom. The van der Waals surface area contributed by atoms with Gasteiger partial charge in [0, 0.05) is 18.8 Å². The highest BCUT2D eigenvalue weighted by atomic mass is 32.2. The molecule has 0 aliphatic carbocycles. The topological polar surface area (TPSA) is 105 Å². The van der Waals surface area contributed by atoms with Crippen molar-refractivity contribution in [2.75, 3.05) is 23.6 Å². The van der Waals surface area contributed by atoms with Crippen LogP contribution in [-0.2, 0) is 14.8 Å². The molecule has 0 bridgehead atoms. The molecule has 2 rings (SSSR count). The lowest BCUT2D eigenvalue weighted by atomic mass is 10.1. The van der Waals surface area contributed by atoms with Crippen molar-refractivity contribution in [3.05, 3.63) is 29.6 Å². The zero-order valence-electron chi connectivity index (χ0n) is 17.8. The number of ether oxygens (including phenoxy) is 1. The Morgan fingerprint density at radius 1 is 1.30 bits per heavy atom. The number of sulfonamides is 1. The monoisotopic (exact) mass is 443 g/mol. The van der Waals surface area contributed by atoms with Crippen LogP contribution in [0.25, 0.3) is 0 Å². The van der Waals surface area contributed by atoms with Crippen LogP contribution in [0.3, 0.4) is 0 Å². The van der Waals surface area contributed by atoms with Crippen LogP contribution in [0, 0.1) is 5.82 Å². The number of hydrogen-bond donors (Lipinski definition) is 2. The van der Waals surface area contributed by atoms with Crippen molar-refractivity contribution in [1.29, 1.82) is 0 Å². The summed E-state index contributed by atoms with van der Waals surface area (Å²) in [5.41, 5.74) is -0.776. The molecule has 0 radical (unpaired) electrons. The highest BCUT2D eigenvalue weighted by Crippen LogP contribution is 2.21. The van der Waals surface area contributed by atoms with Crippen molar-refractivity contribution in [2.24, 2.45) is 0 Å². The highest BCUT2D eigenvalue weighted by molar-refractivity contribution is 7.92. The third-order valence-electron chi connectivity index (χ3n) is 4.46. The van der Waals surface area contributed by atoms with Crippen LogP contribution < -0.4 is 10.0 Å². The summed E-state index contributed by atoms with van der Waals surface area (Å²) in [5, 5.41) is 2.64. The summed E-state index contributed by atoms with van der Waals surface area (Å²) in [7, 11) is -3.56. The molecule has 8 nitrogen and oxygen atoms in total. The molecular weight excluding hydrogens is 413 g/mol. The first-order chi connectivity index (χ1) is 13.9. The summed E-state index contributed by atoms with van der Waals surface area (Å²) in [5.74, 6) is -1.52. The lowest BCUT2D eigenvalue weighted by molar-refractivity contribution is 0.0225. The maximum atomic E-state index is 14.2. The van der Waals surface area contributed by atoms with E-state index in [-0.39, 0.29) is 29.6 Å². The number of nitrogens with one attached hydrogen (secondary N) is 2. The van der Waals surface area contributed by atoms with Gasteiger partial charge in [0.1, 0.15) is 11.4 Å². The van der Waals surface area contributed by atoms with E-state index in [4.69, 9.17) is 4.74 Å². The first-order valence-corrected chi connectivity index (χ1v) is 11.6. The van der Waals surface area contributed by atoms with Crippen LogP contribution in [0.4, 0.5) is 14.9 Å². The van der Waals surface area contributed by atoms with E-state index in [1.54, 1.807) is 32.6 Å². The van der Waals surface area contributed by atoms with E-state index in [9.17, 15) is 22.4 Å². The number of benzene rings is 1. The molecule has 0 aromatic heterocycles. The molecule has 168 valence electrons. The van der Waals surface area contributed by atoms with Gasteiger partial charge in [-0.1, -0.05) is 6.92 Å². The summed E-state index contributed by atoms with van der Waals surface area (Å²) >= 11 is 0. The van der Waals surface area contributed by atoms with Gasteiger partial charge in [0.15, 0.2) is 0 Å². The van der Waals surface area contributed by atoms with Crippen molar-refractivity contribution >= 4 is 27.7 Å². The number of hydrogen-bond acceptors (Lipinski definition) is 5. The lowest BCUT2D eigenvalue weighted by Crippen LogP contribution is -2.45. The normalized spacial score (nSPS) is 17.0. The zero-order valence-corrected chi connectivity index (χ0v) is 18.6. The minimum absolute atomic E-state index is 0.0753. The van der Waals surface area contributed by atoms with Gasteiger partial charge in [0.2, 0.25) is 10.0 Å². The number of rotatable bonds is 7. The standard InChI is InChI=1S/C20H30FN3O5S/c1-5-11-30(27,28)23-14-8-9-17(21)16(12-14)18(25)22-13-15-7-6-10-24(15)19(26)29-20(2,3)4/h8-9,12,15,23H,5-7,10-11,13H2,1-4H3,(H,22,25). The van der Waals surface area contributed by atoms with Gasteiger partial charge in [0.25, 0.3) is 5.91 Å². The van der Waals surface area contributed by atoms with E-state index in [0.717, 1.165) is 18.6 Å². The van der Waals surface area contributed by atoms with Gasteiger partial charge in [0.05, 0.1) is 17.4 Å². The predicted octanol–water partition coefficient (Wildman–Crippen LogP) is 3.11. The fraction of sp³-hybridized carbons (Fsp3) is 0.600. The number of anilines is 1. The second-order valence-electron chi connectivity index (χ2n) is 8.30. The smallest absolute Gasteiger partial charge is 0.410 e. The molecule has 10 heteroatoms. The van der Waals surface area contributed by atoms with Gasteiger partial charge >= 0.3 is 6.09 Å². The molecule has 1 aromatic carbocycles. The Balaban J connectivity index is 2.03. The van der Waals surface area contributed by atoms with Gasteiger partial charge in [-0.15, -0.1) is 0 Å². The molecule has 1 atom stereocenters. The Morgan fingerprint density at radius 3 is 2.63 bits per heavy atom. The first kappa shape index (κ1) is 23.9. The Kier molecular flexibility index (Phi) is 7.68. The summed E-state index contributed by atoms with van der Waals surface area (Å²) in [4.78, 5) is 26.4. The SMILES string of the molecule is CCCS(=O)(=O)Nc1ccc(F)c(C(=O)NCC2CCCN2C(=O)OC(C)(C)C)c1. The van der Waals surface area contributed by atoms with Gasteiger partial charge in [-0.2, -0.15) is 0 Å². The summed E-state index contributed by atoms with van der Waals surface area (Å²) < 4.78 is 45.7. The molecule has 1 fully saturated rings. The Hall–Kier alpha value is -2.36. The number of carbonyl (C=O) groups excluding carboxylic acids is 2. The average Bonchev–Trinajstić information content (AvgIpc) is 3.08. The predicted molar refractivity (Wildman–Crippen MR) is 112 cm³/mol. The van der Waals surface area contributed by atoms with Crippen LogP contribution in [0.5, 0.6) is 0 Å². The average molecular weight is 444 g/mol. The molecule has 1 aromatic rings. The van der Waals surface area contributed by atoms with Gasteiger partial charge in [-0.05, 0) is 58.2 Å². The van der Waals surface area contributed by atoms with E-state index in [1.807, 2.05) is 0 Å². The quantitative estimate of drug-likeness (QED) is 0.674. The highest BCUT2D eigenvalue weighted by Gasteiger charge is 2.32.